The zero-order valence-corrected chi connectivity index (χ0v) is 6.52. The molecule has 0 aliphatic carbocycles. The number of hydrogen-bond acceptors (Lipinski definition) is 1. The monoisotopic (exact) mass is 196 g/mol. The lowest BCUT2D eigenvalue weighted by atomic mass is 10.4. The third-order valence-electron chi connectivity index (χ3n) is 0.959. The first-order valence-electron chi connectivity index (χ1n) is 2.37. The highest BCUT2D eigenvalue weighted by Gasteiger charge is 2.15. The summed E-state index contributed by atoms with van der Waals surface area (Å²) in [7, 11) is 0. The van der Waals surface area contributed by atoms with Crippen LogP contribution in [-0.4, -0.2) is 17.0 Å². The lowest BCUT2D eigenvalue weighted by Gasteiger charge is -2.06. The van der Waals surface area contributed by atoms with E-state index in [0.29, 0.717) is 6.61 Å². The predicted molar refractivity (Wildman–Crippen MR) is 37.4 cm³/mol. The minimum atomic E-state index is -0.0822. The summed E-state index contributed by atoms with van der Waals surface area (Å²) in [6, 6.07) is 0. The van der Waals surface area contributed by atoms with Gasteiger partial charge in [0.05, 0.1) is 6.61 Å². The zero-order valence-electron chi connectivity index (χ0n) is 4.18. The normalized spacial score (nSPS) is 31.0. The number of hydrogen-bond donors (Lipinski definition) is 0. The topological polar surface area (TPSA) is 9.23 Å². The highest BCUT2D eigenvalue weighted by atomic mass is 79.9. The van der Waals surface area contributed by atoms with E-state index >= 15 is 0 Å². The van der Waals surface area contributed by atoms with Crippen molar-refractivity contribution in [3.05, 3.63) is 12.2 Å². The fourth-order valence-electron chi connectivity index (χ4n) is 0.569. The van der Waals surface area contributed by atoms with Crippen LogP contribution in [0, 0.1) is 0 Å². The standard InChI is InChI=1S/C5H6BrClO/c6-5(7)4-2-1-3-8-4/h1-2,4-5H,3H2. The Bertz CT molecular complexity index is 103. The molecule has 0 aromatic heterocycles. The summed E-state index contributed by atoms with van der Waals surface area (Å²) in [4.78, 5) is 0. The van der Waals surface area contributed by atoms with Crippen molar-refractivity contribution in [1.29, 1.82) is 0 Å². The predicted octanol–water partition coefficient (Wildman–Crippen LogP) is 1.90. The van der Waals surface area contributed by atoms with E-state index in [-0.39, 0.29) is 10.4 Å². The Labute approximate surface area is 61.8 Å². The summed E-state index contributed by atoms with van der Waals surface area (Å²) >= 11 is 8.81. The van der Waals surface area contributed by atoms with Gasteiger partial charge in [-0.25, -0.2) is 0 Å². The fraction of sp³-hybridized carbons (Fsp3) is 0.600. The van der Waals surface area contributed by atoms with Crippen LogP contribution in [0.2, 0.25) is 0 Å². The van der Waals surface area contributed by atoms with E-state index in [9.17, 15) is 0 Å². The van der Waals surface area contributed by atoms with Crippen molar-refractivity contribution in [2.24, 2.45) is 0 Å². The van der Waals surface area contributed by atoms with Gasteiger partial charge in [0.2, 0.25) is 0 Å². The molecule has 1 rings (SSSR count). The van der Waals surface area contributed by atoms with Crippen LogP contribution in [0.15, 0.2) is 12.2 Å². The van der Waals surface area contributed by atoms with Crippen molar-refractivity contribution in [2.45, 2.75) is 10.4 Å². The zero-order chi connectivity index (χ0) is 5.98. The van der Waals surface area contributed by atoms with Crippen molar-refractivity contribution in [2.75, 3.05) is 6.61 Å². The van der Waals surface area contributed by atoms with E-state index in [1.807, 2.05) is 12.2 Å². The molecule has 0 radical (unpaired) electrons. The Morgan fingerprint density at radius 1 is 1.88 bits per heavy atom. The molecular formula is C5H6BrClO. The Morgan fingerprint density at radius 3 is 2.88 bits per heavy atom. The Kier molecular flexibility index (Phi) is 2.35. The molecule has 2 atom stereocenters. The maximum atomic E-state index is 5.62. The molecule has 0 saturated heterocycles. The molecule has 0 bridgehead atoms. The molecule has 0 spiro atoms. The minimum Gasteiger partial charge on any atom is -0.368 e. The van der Waals surface area contributed by atoms with Gasteiger partial charge in [0.1, 0.15) is 10.4 Å². The summed E-state index contributed by atoms with van der Waals surface area (Å²) < 4.78 is 5.04. The SMILES string of the molecule is ClC(Br)C1C=CCO1. The molecule has 1 aliphatic rings. The van der Waals surface area contributed by atoms with Crippen LogP contribution in [0.4, 0.5) is 0 Å². The molecule has 1 nitrogen and oxygen atoms in total. The Morgan fingerprint density at radius 2 is 2.62 bits per heavy atom. The number of ether oxygens (including phenoxy) is 1. The van der Waals surface area contributed by atoms with Crippen molar-refractivity contribution in [1.82, 2.24) is 0 Å². The average molecular weight is 197 g/mol. The van der Waals surface area contributed by atoms with Crippen LogP contribution in [0.5, 0.6) is 0 Å². The quantitative estimate of drug-likeness (QED) is 0.461. The number of halogens is 2. The average Bonchev–Trinajstić information content (AvgIpc) is 2.12. The van der Waals surface area contributed by atoms with Gasteiger partial charge in [0.25, 0.3) is 0 Å². The van der Waals surface area contributed by atoms with E-state index in [0.717, 1.165) is 0 Å². The molecule has 1 aliphatic heterocycles. The van der Waals surface area contributed by atoms with Gasteiger partial charge in [-0.1, -0.05) is 28.1 Å². The van der Waals surface area contributed by atoms with Crippen LogP contribution >= 0.6 is 27.5 Å². The number of alkyl halides is 2. The highest BCUT2D eigenvalue weighted by molar-refractivity contribution is 9.10. The van der Waals surface area contributed by atoms with Crippen LogP contribution in [-0.2, 0) is 4.74 Å². The minimum absolute atomic E-state index is 0.0664. The maximum absolute atomic E-state index is 5.62. The largest absolute Gasteiger partial charge is 0.368 e. The van der Waals surface area contributed by atoms with Crippen molar-refractivity contribution >= 4 is 27.5 Å². The summed E-state index contributed by atoms with van der Waals surface area (Å²) in [6.45, 7) is 0.694. The van der Waals surface area contributed by atoms with Crippen molar-refractivity contribution in [3.63, 3.8) is 0 Å². The van der Waals surface area contributed by atoms with Gasteiger partial charge in [-0.15, -0.1) is 11.6 Å². The third-order valence-corrected chi connectivity index (χ3v) is 1.73. The van der Waals surface area contributed by atoms with Gasteiger partial charge in [0, 0.05) is 0 Å². The lowest BCUT2D eigenvalue weighted by Crippen LogP contribution is -2.12. The molecule has 1 heterocycles. The highest BCUT2D eigenvalue weighted by Crippen LogP contribution is 2.17. The van der Waals surface area contributed by atoms with Crippen LogP contribution in [0.1, 0.15) is 0 Å². The second-order valence-electron chi connectivity index (χ2n) is 1.56. The van der Waals surface area contributed by atoms with E-state index < -0.39 is 0 Å². The lowest BCUT2D eigenvalue weighted by molar-refractivity contribution is 0.140. The molecular weight excluding hydrogens is 191 g/mol. The third kappa shape index (κ3) is 1.47. The first-order chi connectivity index (χ1) is 3.80. The Balaban J connectivity index is 2.36. The fourth-order valence-corrected chi connectivity index (χ4v) is 1.05. The van der Waals surface area contributed by atoms with Gasteiger partial charge in [-0.2, -0.15) is 0 Å². The van der Waals surface area contributed by atoms with Crippen LogP contribution < -0.4 is 0 Å². The van der Waals surface area contributed by atoms with Crippen molar-refractivity contribution in [3.8, 4) is 0 Å². The summed E-state index contributed by atoms with van der Waals surface area (Å²) in [5, 5.41) is 0. The first-order valence-corrected chi connectivity index (χ1v) is 3.72. The number of rotatable bonds is 1. The van der Waals surface area contributed by atoms with Gasteiger partial charge in [-0.3, -0.25) is 0 Å². The smallest absolute Gasteiger partial charge is 0.118 e. The van der Waals surface area contributed by atoms with E-state index in [1.165, 1.54) is 0 Å². The van der Waals surface area contributed by atoms with Gasteiger partial charge >= 0.3 is 0 Å². The molecule has 0 N–H and O–H groups in total. The summed E-state index contributed by atoms with van der Waals surface area (Å²) in [6.07, 6.45) is 3.98. The second kappa shape index (κ2) is 2.85. The summed E-state index contributed by atoms with van der Waals surface area (Å²) in [5.41, 5.74) is 0. The molecule has 3 heteroatoms. The van der Waals surface area contributed by atoms with Gasteiger partial charge in [-0.05, 0) is 0 Å². The van der Waals surface area contributed by atoms with E-state index in [4.69, 9.17) is 16.3 Å². The molecule has 0 saturated carbocycles. The molecule has 46 valence electrons. The summed E-state index contributed by atoms with van der Waals surface area (Å²) in [5.74, 6) is 0. The Hall–Kier alpha value is 0.470. The van der Waals surface area contributed by atoms with Gasteiger partial charge in [0.15, 0.2) is 0 Å². The molecule has 0 aromatic carbocycles. The van der Waals surface area contributed by atoms with Crippen molar-refractivity contribution < 1.29 is 4.74 Å². The molecule has 0 fully saturated rings. The van der Waals surface area contributed by atoms with Crippen LogP contribution in [0.3, 0.4) is 0 Å². The van der Waals surface area contributed by atoms with E-state index in [1.54, 1.807) is 0 Å². The second-order valence-corrected chi connectivity index (χ2v) is 3.54. The van der Waals surface area contributed by atoms with Gasteiger partial charge < -0.3 is 4.74 Å². The van der Waals surface area contributed by atoms with E-state index in [2.05, 4.69) is 15.9 Å². The molecule has 8 heavy (non-hydrogen) atoms. The maximum Gasteiger partial charge on any atom is 0.118 e. The van der Waals surface area contributed by atoms with Crippen LogP contribution in [0.25, 0.3) is 0 Å². The first kappa shape index (κ1) is 6.59. The molecule has 0 aromatic rings. The molecule has 2 unspecified atom stereocenters. The molecule has 0 amide bonds.